The number of nitrogens with one attached hydrogen (secondary N) is 1. The van der Waals surface area contributed by atoms with Crippen LogP contribution in [0.4, 0.5) is 13.2 Å². The van der Waals surface area contributed by atoms with Gasteiger partial charge in [-0.1, -0.05) is 0 Å². The molecule has 1 atom stereocenters. The molecule has 0 amide bonds. The lowest BCUT2D eigenvalue weighted by atomic mass is 10.2. The van der Waals surface area contributed by atoms with E-state index in [0.29, 0.717) is 26.8 Å². The lowest BCUT2D eigenvalue weighted by molar-refractivity contribution is -0.137. The number of hydrogen-bond acceptors (Lipinski definition) is 6. The molecule has 0 spiro atoms. The number of nitrogens with zero attached hydrogens (tertiary/aromatic N) is 1. The Labute approximate surface area is 115 Å². The maximum Gasteiger partial charge on any atom is 0.443 e. The van der Waals surface area contributed by atoms with E-state index < -0.39 is 17.2 Å². The summed E-state index contributed by atoms with van der Waals surface area (Å²) in [7, 11) is 1.49. The summed E-state index contributed by atoms with van der Waals surface area (Å²) in [6, 6.07) is 1.17. The Hall–Kier alpha value is -1.16. The van der Waals surface area contributed by atoms with Crippen LogP contribution in [0, 0.1) is 0 Å². The van der Waals surface area contributed by atoms with Gasteiger partial charge in [0.05, 0.1) is 18.0 Å². The average Bonchev–Trinajstić information content (AvgIpc) is 2.97. The van der Waals surface area contributed by atoms with Crippen LogP contribution >= 0.6 is 22.7 Å². The molecule has 3 N–H and O–H groups in total. The second-order valence-corrected chi connectivity index (χ2v) is 5.53. The summed E-state index contributed by atoms with van der Waals surface area (Å²) >= 11 is 1.91. The van der Waals surface area contributed by atoms with Crippen LogP contribution in [0.15, 0.2) is 17.6 Å². The molecule has 0 fully saturated rings. The van der Waals surface area contributed by atoms with Gasteiger partial charge in [0.1, 0.15) is 5.75 Å². The van der Waals surface area contributed by atoms with Crippen LogP contribution in [-0.4, -0.2) is 12.1 Å². The highest BCUT2D eigenvalue weighted by molar-refractivity contribution is 7.12. The van der Waals surface area contributed by atoms with Crippen molar-refractivity contribution in [1.82, 2.24) is 10.4 Å². The number of aromatic nitrogens is 1. The van der Waals surface area contributed by atoms with Crippen LogP contribution in [0.3, 0.4) is 0 Å². The Balaban J connectivity index is 2.35. The Morgan fingerprint density at radius 1 is 1.47 bits per heavy atom. The van der Waals surface area contributed by atoms with Crippen molar-refractivity contribution >= 4 is 22.7 Å². The van der Waals surface area contributed by atoms with Gasteiger partial charge in [0.15, 0.2) is 5.01 Å². The highest BCUT2D eigenvalue weighted by atomic mass is 32.1. The summed E-state index contributed by atoms with van der Waals surface area (Å²) in [4.78, 5) is 4.48. The molecule has 0 bridgehead atoms. The van der Waals surface area contributed by atoms with E-state index in [-0.39, 0.29) is 0 Å². The molecule has 2 rings (SSSR count). The van der Waals surface area contributed by atoms with Crippen molar-refractivity contribution in [3.05, 3.63) is 32.4 Å². The number of halogens is 3. The molecule has 4 nitrogen and oxygen atoms in total. The molecule has 0 saturated heterocycles. The first-order chi connectivity index (χ1) is 8.97. The van der Waals surface area contributed by atoms with Crippen LogP contribution in [-0.2, 0) is 6.18 Å². The van der Waals surface area contributed by atoms with Crippen molar-refractivity contribution in [2.75, 3.05) is 7.11 Å². The number of alkyl halides is 3. The number of thiophene rings is 1. The molecule has 0 aliphatic heterocycles. The van der Waals surface area contributed by atoms with Gasteiger partial charge in [-0.05, 0) is 11.4 Å². The van der Waals surface area contributed by atoms with Gasteiger partial charge < -0.3 is 4.74 Å². The fraction of sp³-hybridized carbons (Fsp3) is 0.300. The van der Waals surface area contributed by atoms with Crippen LogP contribution in [0.5, 0.6) is 5.75 Å². The SMILES string of the molecule is COc1ccsc1C(NN)c1cnc(C(F)(F)F)s1. The van der Waals surface area contributed by atoms with Crippen LogP contribution in [0.2, 0.25) is 0 Å². The Morgan fingerprint density at radius 3 is 2.74 bits per heavy atom. The molecule has 2 aromatic rings. The first kappa shape index (κ1) is 14.3. The average molecular weight is 309 g/mol. The molecule has 0 saturated carbocycles. The number of thiazole rings is 1. The molecule has 0 radical (unpaired) electrons. The second-order valence-electron chi connectivity index (χ2n) is 3.52. The number of hydrogen-bond donors (Lipinski definition) is 2. The van der Waals surface area contributed by atoms with Crippen molar-refractivity contribution < 1.29 is 17.9 Å². The van der Waals surface area contributed by atoms with Gasteiger partial charge in [-0.2, -0.15) is 13.2 Å². The van der Waals surface area contributed by atoms with Crippen molar-refractivity contribution in [1.29, 1.82) is 0 Å². The highest BCUT2D eigenvalue weighted by Gasteiger charge is 2.35. The van der Waals surface area contributed by atoms with E-state index in [1.807, 2.05) is 0 Å². The predicted molar refractivity (Wildman–Crippen MR) is 67.2 cm³/mol. The van der Waals surface area contributed by atoms with E-state index in [9.17, 15) is 13.2 Å². The monoisotopic (exact) mass is 309 g/mol. The fourth-order valence-corrected chi connectivity index (χ4v) is 3.39. The normalized spacial score (nSPS) is 13.5. The number of rotatable bonds is 4. The molecule has 0 aromatic carbocycles. The second kappa shape index (κ2) is 5.45. The summed E-state index contributed by atoms with van der Waals surface area (Å²) in [5, 5.41) is 0.891. The Kier molecular flexibility index (Phi) is 4.09. The summed E-state index contributed by atoms with van der Waals surface area (Å²) in [5.41, 5.74) is 2.49. The van der Waals surface area contributed by atoms with Crippen LogP contribution < -0.4 is 16.0 Å². The first-order valence-corrected chi connectivity index (χ1v) is 6.77. The Morgan fingerprint density at radius 2 is 2.21 bits per heavy atom. The van der Waals surface area contributed by atoms with Crippen LogP contribution in [0.25, 0.3) is 0 Å². The van der Waals surface area contributed by atoms with E-state index >= 15 is 0 Å². The van der Waals surface area contributed by atoms with Crippen molar-refractivity contribution in [2.45, 2.75) is 12.2 Å². The zero-order valence-corrected chi connectivity index (χ0v) is 11.3. The minimum atomic E-state index is -4.44. The van der Waals surface area contributed by atoms with Gasteiger partial charge in [-0.25, -0.2) is 10.4 Å². The minimum Gasteiger partial charge on any atom is -0.496 e. The molecule has 2 heterocycles. The highest BCUT2D eigenvalue weighted by Crippen LogP contribution is 2.39. The lowest BCUT2D eigenvalue weighted by Crippen LogP contribution is -2.27. The summed E-state index contributed by atoms with van der Waals surface area (Å²) in [5.74, 6) is 6.02. The molecule has 9 heteroatoms. The van der Waals surface area contributed by atoms with E-state index in [4.69, 9.17) is 10.6 Å². The zero-order valence-electron chi connectivity index (χ0n) is 9.69. The van der Waals surface area contributed by atoms with Gasteiger partial charge in [-0.15, -0.1) is 22.7 Å². The van der Waals surface area contributed by atoms with Crippen molar-refractivity contribution in [3.8, 4) is 5.75 Å². The molecule has 1 unspecified atom stereocenters. The Bertz CT molecular complexity index is 552. The largest absolute Gasteiger partial charge is 0.496 e. The maximum absolute atomic E-state index is 12.5. The third-order valence-corrected chi connectivity index (χ3v) is 4.43. The smallest absolute Gasteiger partial charge is 0.443 e. The molecule has 0 aliphatic carbocycles. The zero-order chi connectivity index (χ0) is 14.0. The van der Waals surface area contributed by atoms with Gasteiger partial charge in [0, 0.05) is 11.1 Å². The topological polar surface area (TPSA) is 60.2 Å². The summed E-state index contributed by atoms with van der Waals surface area (Å²) in [6.07, 6.45) is -3.27. The quantitative estimate of drug-likeness (QED) is 0.673. The minimum absolute atomic E-state index is 0.385. The molecular weight excluding hydrogens is 299 g/mol. The third kappa shape index (κ3) is 2.89. The van der Waals surface area contributed by atoms with Gasteiger partial charge in [-0.3, -0.25) is 5.84 Å². The van der Waals surface area contributed by atoms with E-state index in [1.54, 1.807) is 11.4 Å². The molecule has 19 heavy (non-hydrogen) atoms. The van der Waals surface area contributed by atoms with E-state index in [0.717, 1.165) is 0 Å². The molecule has 104 valence electrons. The molecular formula is C10H10F3N3OS2. The van der Waals surface area contributed by atoms with Crippen molar-refractivity contribution in [3.63, 3.8) is 0 Å². The maximum atomic E-state index is 12.5. The summed E-state index contributed by atoms with van der Waals surface area (Å²) in [6.45, 7) is 0. The first-order valence-electron chi connectivity index (χ1n) is 5.07. The fourth-order valence-electron chi connectivity index (χ4n) is 1.53. The van der Waals surface area contributed by atoms with E-state index in [2.05, 4.69) is 10.4 Å². The standard InChI is InChI=1S/C10H10F3N3OS2/c1-17-5-2-3-18-8(5)7(16-14)6-4-15-9(19-6)10(11,12)13/h2-4,7,16H,14H2,1H3. The number of nitrogens with two attached hydrogens (primary N) is 1. The summed E-state index contributed by atoms with van der Waals surface area (Å²) < 4.78 is 42.7. The number of ether oxygens (including phenoxy) is 1. The van der Waals surface area contributed by atoms with Gasteiger partial charge in [0.2, 0.25) is 0 Å². The predicted octanol–water partition coefficient (Wildman–Crippen LogP) is 2.78. The van der Waals surface area contributed by atoms with Gasteiger partial charge in [0.25, 0.3) is 0 Å². The molecule has 2 aromatic heterocycles. The number of hydrazine groups is 1. The van der Waals surface area contributed by atoms with Gasteiger partial charge >= 0.3 is 6.18 Å². The lowest BCUT2D eigenvalue weighted by Gasteiger charge is -2.13. The number of methoxy groups -OCH3 is 1. The third-order valence-electron chi connectivity index (χ3n) is 2.36. The van der Waals surface area contributed by atoms with Crippen molar-refractivity contribution in [2.24, 2.45) is 5.84 Å². The van der Waals surface area contributed by atoms with Crippen LogP contribution in [0.1, 0.15) is 20.8 Å². The molecule has 0 aliphatic rings. The van der Waals surface area contributed by atoms with E-state index in [1.165, 1.54) is 24.6 Å².